The summed E-state index contributed by atoms with van der Waals surface area (Å²) >= 11 is 0. The van der Waals surface area contributed by atoms with Gasteiger partial charge < -0.3 is 14.6 Å². The van der Waals surface area contributed by atoms with Gasteiger partial charge in [-0.1, -0.05) is 121 Å². The number of aliphatic carboxylic acids is 1. The molecule has 4 aromatic carbocycles. The Morgan fingerprint density at radius 2 is 0.921 bits per heavy atom. The van der Waals surface area contributed by atoms with Crippen LogP contribution < -0.4 is 0 Å². The van der Waals surface area contributed by atoms with Crippen molar-refractivity contribution in [2.45, 2.75) is 25.2 Å². The lowest BCUT2D eigenvalue weighted by Crippen LogP contribution is -2.52. The van der Waals surface area contributed by atoms with Crippen molar-refractivity contribution in [2.75, 3.05) is 0 Å². The molecule has 0 aliphatic carbocycles. The van der Waals surface area contributed by atoms with Crippen LogP contribution in [0.4, 0.5) is 9.59 Å². The van der Waals surface area contributed by atoms with Gasteiger partial charge in [0.1, 0.15) is 13.2 Å². The zero-order valence-corrected chi connectivity index (χ0v) is 20.6. The van der Waals surface area contributed by atoms with Gasteiger partial charge in [0.25, 0.3) is 0 Å². The number of carbonyl (C=O) groups excluding carboxylic acids is 2. The van der Waals surface area contributed by atoms with Gasteiger partial charge in [-0.15, -0.1) is 0 Å². The lowest BCUT2D eigenvalue weighted by molar-refractivity contribution is -0.142. The Labute approximate surface area is 220 Å². The minimum atomic E-state index is -1.65. The summed E-state index contributed by atoms with van der Waals surface area (Å²) in [5.41, 5.74) is 2.60. The minimum Gasteiger partial charge on any atom is -0.480 e. The first-order chi connectivity index (χ1) is 18.5. The van der Waals surface area contributed by atoms with Crippen molar-refractivity contribution in [1.82, 2.24) is 4.90 Å². The SMILES string of the molecule is O=C(O)[C@H](C(c1ccccc1)c1ccccc1)N(C(=O)OCc1ccccc1)C(=O)OCc1ccccc1. The third kappa shape index (κ3) is 6.64. The highest BCUT2D eigenvalue weighted by atomic mass is 16.6. The average molecular weight is 510 g/mol. The average Bonchev–Trinajstić information content (AvgIpc) is 2.96. The topological polar surface area (TPSA) is 93.1 Å². The predicted octanol–water partition coefficient (Wildman–Crippen LogP) is 6.25. The van der Waals surface area contributed by atoms with Crippen molar-refractivity contribution < 1.29 is 29.0 Å². The number of nitrogens with zero attached hydrogens (tertiary/aromatic N) is 1. The Morgan fingerprint density at radius 1 is 0.579 bits per heavy atom. The van der Waals surface area contributed by atoms with E-state index in [4.69, 9.17) is 9.47 Å². The van der Waals surface area contributed by atoms with Crippen LogP contribution in [0.15, 0.2) is 121 Å². The maximum Gasteiger partial charge on any atom is 0.420 e. The van der Waals surface area contributed by atoms with Crippen molar-refractivity contribution in [2.24, 2.45) is 0 Å². The summed E-state index contributed by atoms with van der Waals surface area (Å²) in [4.78, 5) is 40.2. The summed E-state index contributed by atoms with van der Waals surface area (Å²) in [6.45, 7) is -0.286. The number of amides is 2. The van der Waals surface area contributed by atoms with Gasteiger partial charge in [0, 0.05) is 5.92 Å². The second kappa shape index (κ2) is 12.9. The maximum absolute atomic E-state index is 13.4. The maximum atomic E-state index is 13.4. The van der Waals surface area contributed by atoms with Gasteiger partial charge >= 0.3 is 18.2 Å². The number of rotatable bonds is 9. The second-order valence-corrected chi connectivity index (χ2v) is 8.53. The first kappa shape index (κ1) is 26.2. The van der Waals surface area contributed by atoms with E-state index in [1.165, 1.54) is 0 Å². The van der Waals surface area contributed by atoms with E-state index in [2.05, 4.69) is 0 Å². The first-order valence-corrected chi connectivity index (χ1v) is 12.1. The van der Waals surface area contributed by atoms with E-state index in [-0.39, 0.29) is 13.2 Å². The number of hydrogen-bond acceptors (Lipinski definition) is 5. The van der Waals surface area contributed by atoms with Crippen LogP contribution >= 0.6 is 0 Å². The molecule has 0 bridgehead atoms. The quantitative estimate of drug-likeness (QED) is 0.287. The van der Waals surface area contributed by atoms with E-state index in [0.717, 1.165) is 0 Å². The van der Waals surface area contributed by atoms with Gasteiger partial charge in [-0.2, -0.15) is 4.90 Å². The Hall–Kier alpha value is -4.91. The molecule has 4 rings (SSSR count). The number of hydrogen-bond donors (Lipinski definition) is 1. The van der Waals surface area contributed by atoms with Crippen LogP contribution in [-0.2, 0) is 27.5 Å². The van der Waals surface area contributed by atoms with Crippen LogP contribution in [0.2, 0.25) is 0 Å². The molecule has 7 heteroatoms. The summed E-state index contributed by atoms with van der Waals surface area (Å²) in [5.74, 6) is -2.26. The number of ether oxygens (including phenoxy) is 2. The van der Waals surface area contributed by atoms with Crippen LogP contribution in [0.25, 0.3) is 0 Å². The predicted molar refractivity (Wildman–Crippen MR) is 141 cm³/mol. The molecule has 0 unspecified atom stereocenters. The number of benzene rings is 4. The lowest BCUT2D eigenvalue weighted by atomic mass is 9.84. The normalized spacial score (nSPS) is 11.4. The monoisotopic (exact) mass is 509 g/mol. The molecule has 2 amide bonds. The number of carboxylic acids is 1. The molecular weight excluding hydrogens is 482 g/mol. The van der Waals surface area contributed by atoms with Crippen LogP contribution in [0.3, 0.4) is 0 Å². The number of carbonyl (C=O) groups is 3. The van der Waals surface area contributed by atoms with E-state index in [9.17, 15) is 19.5 Å². The minimum absolute atomic E-state index is 0.143. The van der Waals surface area contributed by atoms with E-state index >= 15 is 0 Å². The highest BCUT2D eigenvalue weighted by Crippen LogP contribution is 2.32. The fraction of sp³-hybridized carbons (Fsp3) is 0.129. The van der Waals surface area contributed by atoms with Crippen LogP contribution in [-0.4, -0.2) is 34.2 Å². The Kier molecular flexibility index (Phi) is 8.86. The lowest BCUT2D eigenvalue weighted by Gasteiger charge is -2.32. The van der Waals surface area contributed by atoms with Crippen molar-refractivity contribution in [3.05, 3.63) is 144 Å². The first-order valence-electron chi connectivity index (χ1n) is 12.1. The molecule has 192 valence electrons. The molecule has 0 spiro atoms. The van der Waals surface area contributed by atoms with Gasteiger partial charge in [-0.25, -0.2) is 14.4 Å². The summed E-state index contributed by atoms with van der Waals surface area (Å²) in [5, 5.41) is 10.4. The van der Waals surface area contributed by atoms with Crippen LogP contribution in [0.5, 0.6) is 0 Å². The van der Waals surface area contributed by atoms with Crippen molar-refractivity contribution in [1.29, 1.82) is 0 Å². The fourth-order valence-corrected chi connectivity index (χ4v) is 4.16. The van der Waals surface area contributed by atoms with Gasteiger partial charge in [-0.05, 0) is 22.3 Å². The van der Waals surface area contributed by atoms with E-state index < -0.39 is 30.1 Å². The Balaban J connectivity index is 1.71. The second-order valence-electron chi connectivity index (χ2n) is 8.53. The standard InChI is InChI=1S/C31H27NO6/c33-29(34)28(27(25-17-9-3-10-18-25)26-19-11-4-12-20-26)32(30(35)37-21-23-13-5-1-6-14-23)31(36)38-22-24-15-7-2-8-16-24/h1-20,27-28H,21-22H2,(H,33,34)/t28-/m0/s1. The highest BCUT2D eigenvalue weighted by molar-refractivity contribution is 5.94. The molecule has 0 aliphatic rings. The molecule has 0 radical (unpaired) electrons. The Bertz CT molecular complexity index is 1240. The number of carboxylic acid groups (broad SMARTS) is 1. The highest BCUT2D eigenvalue weighted by Gasteiger charge is 2.44. The van der Waals surface area contributed by atoms with E-state index in [1.807, 2.05) is 12.1 Å². The molecule has 0 saturated heterocycles. The van der Waals surface area contributed by atoms with Crippen molar-refractivity contribution >= 4 is 18.2 Å². The summed E-state index contributed by atoms with van der Waals surface area (Å²) in [7, 11) is 0. The van der Waals surface area contributed by atoms with E-state index in [0.29, 0.717) is 27.2 Å². The van der Waals surface area contributed by atoms with Crippen molar-refractivity contribution in [3.8, 4) is 0 Å². The van der Waals surface area contributed by atoms with Gasteiger partial charge in [-0.3, -0.25) is 0 Å². The largest absolute Gasteiger partial charge is 0.480 e. The van der Waals surface area contributed by atoms with Gasteiger partial charge in [0.15, 0.2) is 6.04 Å². The molecule has 0 fully saturated rings. The van der Waals surface area contributed by atoms with Gasteiger partial charge in [0.2, 0.25) is 0 Å². The van der Waals surface area contributed by atoms with Crippen LogP contribution in [0.1, 0.15) is 28.2 Å². The third-order valence-corrected chi connectivity index (χ3v) is 5.97. The molecule has 7 nitrogen and oxygen atoms in total. The Morgan fingerprint density at radius 3 is 1.26 bits per heavy atom. The van der Waals surface area contributed by atoms with Crippen molar-refractivity contribution in [3.63, 3.8) is 0 Å². The summed E-state index contributed by atoms with van der Waals surface area (Å²) in [6, 6.07) is 33.9. The number of imide groups is 1. The molecule has 1 N–H and O–H groups in total. The zero-order chi connectivity index (χ0) is 26.7. The molecule has 0 saturated carbocycles. The smallest absolute Gasteiger partial charge is 0.420 e. The molecule has 0 heterocycles. The van der Waals surface area contributed by atoms with Crippen LogP contribution in [0, 0.1) is 0 Å². The third-order valence-electron chi connectivity index (χ3n) is 5.97. The molecule has 0 aliphatic heterocycles. The fourth-order valence-electron chi connectivity index (χ4n) is 4.16. The molecule has 4 aromatic rings. The summed E-state index contributed by atoms with van der Waals surface area (Å²) in [6.07, 6.45) is -2.23. The molecule has 1 atom stereocenters. The summed E-state index contributed by atoms with van der Waals surface area (Å²) < 4.78 is 10.9. The molecule has 38 heavy (non-hydrogen) atoms. The van der Waals surface area contributed by atoms with Gasteiger partial charge in [0.05, 0.1) is 0 Å². The molecular formula is C31H27NO6. The zero-order valence-electron chi connectivity index (χ0n) is 20.6. The molecule has 0 aromatic heterocycles. The van der Waals surface area contributed by atoms with E-state index in [1.54, 1.807) is 109 Å².